The van der Waals surface area contributed by atoms with Gasteiger partial charge in [0.2, 0.25) is 0 Å². The lowest BCUT2D eigenvalue weighted by atomic mass is 9.98. The fourth-order valence-electron chi connectivity index (χ4n) is 1.58. The van der Waals surface area contributed by atoms with Gasteiger partial charge in [-0.1, -0.05) is 27.7 Å². The Morgan fingerprint density at radius 1 is 1.08 bits per heavy atom. The Balaban J connectivity index is 3.04. The van der Waals surface area contributed by atoms with E-state index < -0.39 is 0 Å². The third-order valence-electron chi connectivity index (χ3n) is 2.26. The normalized spacial score (nSPS) is 11.6. The summed E-state index contributed by atoms with van der Waals surface area (Å²) in [5.74, 6) is 2.21. The van der Waals surface area contributed by atoms with Crippen LogP contribution in [0.5, 0.6) is 0 Å². The number of furan rings is 1. The van der Waals surface area contributed by atoms with Gasteiger partial charge in [0.15, 0.2) is 0 Å². The van der Waals surface area contributed by atoms with E-state index in [0.29, 0.717) is 11.8 Å². The molecule has 1 heteroatoms. The second kappa shape index (κ2) is 3.34. The maximum absolute atomic E-state index is 5.52. The predicted molar refractivity (Wildman–Crippen MR) is 51.6 cm³/mol. The maximum atomic E-state index is 5.52. The van der Waals surface area contributed by atoms with Crippen LogP contribution in [0.4, 0.5) is 0 Å². The molecule has 0 amide bonds. The molecule has 0 aromatic carbocycles. The van der Waals surface area contributed by atoms with E-state index in [9.17, 15) is 0 Å². The van der Waals surface area contributed by atoms with Gasteiger partial charge in [0.25, 0.3) is 0 Å². The van der Waals surface area contributed by atoms with Crippen molar-refractivity contribution in [2.45, 2.75) is 46.5 Å². The first-order chi connectivity index (χ1) is 5.54. The molecule has 0 N–H and O–H groups in total. The van der Waals surface area contributed by atoms with Crippen LogP contribution in [0.1, 0.15) is 56.4 Å². The third kappa shape index (κ3) is 1.55. The second-order valence-corrected chi connectivity index (χ2v) is 3.99. The van der Waals surface area contributed by atoms with E-state index in [2.05, 4.69) is 34.6 Å². The topological polar surface area (TPSA) is 13.1 Å². The van der Waals surface area contributed by atoms with Crippen molar-refractivity contribution in [1.82, 2.24) is 0 Å². The van der Waals surface area contributed by atoms with Gasteiger partial charge in [-0.25, -0.2) is 0 Å². The van der Waals surface area contributed by atoms with Crippen LogP contribution in [0, 0.1) is 6.92 Å². The summed E-state index contributed by atoms with van der Waals surface area (Å²) in [5.41, 5.74) is 2.68. The molecular weight excluding hydrogens is 148 g/mol. The van der Waals surface area contributed by atoms with Crippen LogP contribution in [0.15, 0.2) is 10.7 Å². The molecule has 0 radical (unpaired) electrons. The Morgan fingerprint density at radius 2 is 1.67 bits per heavy atom. The van der Waals surface area contributed by atoms with Crippen molar-refractivity contribution in [2.24, 2.45) is 0 Å². The van der Waals surface area contributed by atoms with E-state index in [1.807, 2.05) is 6.26 Å². The zero-order valence-corrected chi connectivity index (χ0v) is 8.64. The molecule has 0 bridgehead atoms. The molecule has 0 unspecified atom stereocenters. The summed E-state index contributed by atoms with van der Waals surface area (Å²) in [4.78, 5) is 0. The SMILES string of the molecule is Cc1c(C(C)C)coc1C(C)C. The highest BCUT2D eigenvalue weighted by atomic mass is 16.3. The highest BCUT2D eigenvalue weighted by Gasteiger charge is 2.13. The Hall–Kier alpha value is -0.720. The van der Waals surface area contributed by atoms with Gasteiger partial charge >= 0.3 is 0 Å². The molecule has 0 aliphatic carbocycles. The number of hydrogen-bond donors (Lipinski definition) is 0. The lowest BCUT2D eigenvalue weighted by Gasteiger charge is -2.04. The standard InChI is InChI=1S/C11H18O/c1-7(2)10-6-12-11(8(3)4)9(10)5/h6-8H,1-5H3. The smallest absolute Gasteiger partial charge is 0.109 e. The average Bonchev–Trinajstić information content (AvgIpc) is 2.30. The molecule has 1 rings (SSSR count). The van der Waals surface area contributed by atoms with E-state index >= 15 is 0 Å². The van der Waals surface area contributed by atoms with Crippen molar-refractivity contribution >= 4 is 0 Å². The molecule has 1 nitrogen and oxygen atoms in total. The first kappa shape index (κ1) is 9.37. The van der Waals surface area contributed by atoms with Crippen LogP contribution < -0.4 is 0 Å². The molecule has 0 saturated heterocycles. The average molecular weight is 166 g/mol. The second-order valence-electron chi connectivity index (χ2n) is 3.99. The lowest BCUT2D eigenvalue weighted by Crippen LogP contribution is -1.91. The van der Waals surface area contributed by atoms with Crippen molar-refractivity contribution in [3.8, 4) is 0 Å². The van der Waals surface area contributed by atoms with Crippen LogP contribution in [-0.4, -0.2) is 0 Å². The van der Waals surface area contributed by atoms with Crippen LogP contribution in [0.25, 0.3) is 0 Å². The fraction of sp³-hybridized carbons (Fsp3) is 0.636. The monoisotopic (exact) mass is 166 g/mol. The van der Waals surface area contributed by atoms with Gasteiger partial charge < -0.3 is 4.42 Å². The first-order valence-electron chi connectivity index (χ1n) is 4.62. The van der Waals surface area contributed by atoms with Crippen molar-refractivity contribution in [3.63, 3.8) is 0 Å². The van der Waals surface area contributed by atoms with E-state index in [1.165, 1.54) is 11.1 Å². The van der Waals surface area contributed by atoms with Crippen molar-refractivity contribution in [2.75, 3.05) is 0 Å². The third-order valence-corrected chi connectivity index (χ3v) is 2.26. The molecule has 68 valence electrons. The van der Waals surface area contributed by atoms with Gasteiger partial charge in [-0.3, -0.25) is 0 Å². The maximum Gasteiger partial charge on any atom is 0.109 e. The Labute approximate surface area is 74.8 Å². The first-order valence-corrected chi connectivity index (χ1v) is 4.62. The molecule has 1 aromatic rings. The summed E-state index contributed by atoms with van der Waals surface area (Å²) < 4.78 is 5.52. The van der Waals surface area contributed by atoms with E-state index in [0.717, 1.165) is 5.76 Å². The number of rotatable bonds is 2. The van der Waals surface area contributed by atoms with E-state index in [4.69, 9.17) is 4.42 Å². The van der Waals surface area contributed by atoms with Gasteiger partial charge in [-0.15, -0.1) is 0 Å². The molecule has 0 fully saturated rings. The van der Waals surface area contributed by atoms with E-state index in [-0.39, 0.29) is 0 Å². The van der Waals surface area contributed by atoms with Gasteiger partial charge in [-0.05, 0) is 24.0 Å². The molecule has 12 heavy (non-hydrogen) atoms. The highest BCUT2D eigenvalue weighted by molar-refractivity contribution is 5.30. The highest BCUT2D eigenvalue weighted by Crippen LogP contribution is 2.28. The summed E-state index contributed by atoms with van der Waals surface area (Å²) in [6, 6.07) is 0. The van der Waals surface area contributed by atoms with Gasteiger partial charge in [0.05, 0.1) is 6.26 Å². The fourth-order valence-corrected chi connectivity index (χ4v) is 1.58. The molecule has 0 aliphatic rings. The Bertz CT molecular complexity index is 230. The van der Waals surface area contributed by atoms with E-state index in [1.54, 1.807) is 0 Å². The van der Waals surface area contributed by atoms with Crippen LogP contribution in [-0.2, 0) is 0 Å². The van der Waals surface area contributed by atoms with Crippen LogP contribution in [0.2, 0.25) is 0 Å². The van der Waals surface area contributed by atoms with Gasteiger partial charge in [0, 0.05) is 5.92 Å². The molecule has 0 saturated carbocycles. The van der Waals surface area contributed by atoms with Gasteiger partial charge in [0.1, 0.15) is 5.76 Å². The predicted octanol–water partition coefficient (Wildman–Crippen LogP) is 3.83. The molecule has 0 atom stereocenters. The zero-order chi connectivity index (χ0) is 9.30. The minimum absolute atomic E-state index is 0.498. The minimum Gasteiger partial charge on any atom is -0.468 e. The van der Waals surface area contributed by atoms with Gasteiger partial charge in [-0.2, -0.15) is 0 Å². The molecule has 1 heterocycles. The number of hydrogen-bond acceptors (Lipinski definition) is 1. The Morgan fingerprint density at radius 3 is 1.92 bits per heavy atom. The lowest BCUT2D eigenvalue weighted by molar-refractivity contribution is 0.482. The largest absolute Gasteiger partial charge is 0.468 e. The van der Waals surface area contributed by atoms with Crippen molar-refractivity contribution < 1.29 is 4.42 Å². The summed E-state index contributed by atoms with van der Waals surface area (Å²) in [5, 5.41) is 0. The minimum atomic E-state index is 0.498. The Kier molecular flexibility index (Phi) is 2.61. The van der Waals surface area contributed by atoms with Crippen molar-refractivity contribution in [1.29, 1.82) is 0 Å². The molecule has 0 spiro atoms. The quantitative estimate of drug-likeness (QED) is 0.650. The summed E-state index contributed by atoms with van der Waals surface area (Å²) >= 11 is 0. The zero-order valence-electron chi connectivity index (χ0n) is 8.64. The molecule has 1 aromatic heterocycles. The molecule has 0 aliphatic heterocycles. The van der Waals surface area contributed by atoms with Crippen molar-refractivity contribution in [3.05, 3.63) is 23.2 Å². The summed E-state index contributed by atoms with van der Waals surface area (Å²) in [6.45, 7) is 10.9. The summed E-state index contributed by atoms with van der Waals surface area (Å²) in [7, 11) is 0. The molecular formula is C11H18O. The summed E-state index contributed by atoms with van der Waals surface area (Å²) in [6.07, 6.45) is 1.90. The van der Waals surface area contributed by atoms with Crippen LogP contribution >= 0.6 is 0 Å². The van der Waals surface area contributed by atoms with Crippen LogP contribution in [0.3, 0.4) is 0 Å².